The number of rotatable bonds is 1. The summed E-state index contributed by atoms with van der Waals surface area (Å²) in [6.45, 7) is 0.988. The Bertz CT molecular complexity index is 486. The third kappa shape index (κ3) is 1.76. The molecule has 1 N–H and O–H groups in total. The number of para-hydroxylation sites is 1. The van der Waals surface area contributed by atoms with E-state index >= 15 is 0 Å². The quantitative estimate of drug-likeness (QED) is 0.643. The Hall–Kier alpha value is -0.870. The molecule has 2 unspecified atom stereocenters. The van der Waals surface area contributed by atoms with Crippen LogP contribution in [0, 0.1) is 0 Å². The highest BCUT2D eigenvalue weighted by Gasteiger charge is 2.21. The van der Waals surface area contributed by atoms with Crippen molar-refractivity contribution < 1.29 is 0 Å². The van der Waals surface area contributed by atoms with Crippen molar-refractivity contribution in [2.45, 2.75) is 23.8 Å². The zero-order valence-corrected chi connectivity index (χ0v) is 10.5. The van der Waals surface area contributed by atoms with Crippen molar-refractivity contribution in [3.05, 3.63) is 30.5 Å². The van der Waals surface area contributed by atoms with Gasteiger partial charge in [0.05, 0.1) is 22.7 Å². The minimum Gasteiger partial charge on any atom is -0.303 e. The molecule has 3 nitrogen and oxygen atoms in total. The molecule has 0 saturated carbocycles. The Balaban J connectivity index is 1.94. The van der Waals surface area contributed by atoms with Gasteiger partial charge in [-0.05, 0) is 18.9 Å². The molecule has 1 aromatic heterocycles. The molecule has 0 spiro atoms. The van der Waals surface area contributed by atoms with Crippen LogP contribution in [0.3, 0.4) is 0 Å². The third-order valence-electron chi connectivity index (χ3n) is 3.18. The number of hydrogen-bond donors (Lipinski definition) is 1. The molecule has 16 heavy (non-hydrogen) atoms. The van der Waals surface area contributed by atoms with Gasteiger partial charge in [-0.25, -0.2) is 0 Å². The van der Waals surface area contributed by atoms with Crippen LogP contribution in [0.5, 0.6) is 0 Å². The van der Waals surface area contributed by atoms with Gasteiger partial charge in [-0.3, -0.25) is 4.68 Å². The van der Waals surface area contributed by atoms with Crippen LogP contribution in [-0.2, 0) is 0 Å². The minimum absolute atomic E-state index is 0.463. The van der Waals surface area contributed by atoms with E-state index < -0.39 is 0 Å². The van der Waals surface area contributed by atoms with Crippen molar-refractivity contribution >= 4 is 26.8 Å². The predicted molar refractivity (Wildman–Crippen MR) is 68.7 cm³/mol. The van der Waals surface area contributed by atoms with Gasteiger partial charge in [-0.15, -0.1) is 0 Å². The molecule has 84 valence electrons. The topological polar surface area (TPSA) is 29.9 Å². The fraction of sp³-hybridized carbons (Fsp3) is 0.417. The number of aromatic nitrogens is 2. The van der Waals surface area contributed by atoms with E-state index in [4.69, 9.17) is 0 Å². The van der Waals surface area contributed by atoms with E-state index in [9.17, 15) is 0 Å². The number of nitrogens with zero attached hydrogens (tertiary/aromatic N) is 2. The Morgan fingerprint density at radius 2 is 2.19 bits per heavy atom. The van der Waals surface area contributed by atoms with E-state index in [1.54, 1.807) is 0 Å². The predicted octanol–water partition coefficient (Wildman–Crippen LogP) is 2.68. The minimum atomic E-state index is 0.463. The number of hydrogen-bond acceptors (Lipinski definition) is 2. The first-order valence-electron chi connectivity index (χ1n) is 5.64. The van der Waals surface area contributed by atoms with Crippen LogP contribution < -0.4 is 5.32 Å². The monoisotopic (exact) mass is 279 g/mol. The van der Waals surface area contributed by atoms with Gasteiger partial charge < -0.3 is 5.32 Å². The zero-order valence-electron chi connectivity index (χ0n) is 8.94. The van der Waals surface area contributed by atoms with Crippen molar-refractivity contribution in [3.63, 3.8) is 0 Å². The fourth-order valence-corrected chi connectivity index (χ4v) is 2.75. The summed E-state index contributed by atoms with van der Waals surface area (Å²) in [5, 5.41) is 9.17. The summed E-state index contributed by atoms with van der Waals surface area (Å²) < 4.78 is 2.15. The first-order valence-corrected chi connectivity index (χ1v) is 6.56. The van der Waals surface area contributed by atoms with Gasteiger partial charge in [0.15, 0.2) is 0 Å². The van der Waals surface area contributed by atoms with Crippen LogP contribution in [0.1, 0.15) is 18.9 Å². The summed E-state index contributed by atoms with van der Waals surface area (Å²) in [7, 11) is 0. The molecule has 1 fully saturated rings. The van der Waals surface area contributed by atoms with Gasteiger partial charge in [-0.1, -0.05) is 34.1 Å². The molecular formula is C12H14BrN3. The molecular weight excluding hydrogens is 266 g/mol. The summed E-state index contributed by atoms with van der Waals surface area (Å²) in [5.74, 6) is 0. The van der Waals surface area contributed by atoms with Gasteiger partial charge >= 0.3 is 0 Å². The number of piperidine rings is 1. The van der Waals surface area contributed by atoms with E-state index in [0.29, 0.717) is 11.0 Å². The number of nitrogens with one attached hydrogen (secondary N) is 1. The molecule has 1 aliphatic rings. The maximum atomic E-state index is 4.51. The summed E-state index contributed by atoms with van der Waals surface area (Å²) in [4.78, 5) is 0.463. The van der Waals surface area contributed by atoms with E-state index in [-0.39, 0.29) is 0 Å². The molecule has 1 aromatic carbocycles. The largest absolute Gasteiger partial charge is 0.303 e. The molecule has 3 rings (SSSR count). The highest BCUT2D eigenvalue weighted by atomic mass is 79.9. The van der Waals surface area contributed by atoms with Gasteiger partial charge in [0.2, 0.25) is 0 Å². The molecule has 1 saturated heterocycles. The summed E-state index contributed by atoms with van der Waals surface area (Å²) in [5.41, 5.74) is 1.24. The fourth-order valence-electron chi connectivity index (χ4n) is 2.30. The molecule has 2 heterocycles. The van der Waals surface area contributed by atoms with Crippen molar-refractivity contribution in [3.8, 4) is 0 Å². The lowest BCUT2D eigenvalue weighted by Gasteiger charge is -2.27. The molecule has 0 amide bonds. The second kappa shape index (κ2) is 4.18. The van der Waals surface area contributed by atoms with Crippen molar-refractivity contribution in [2.75, 3.05) is 6.54 Å². The lowest BCUT2D eigenvalue weighted by Crippen LogP contribution is -2.36. The zero-order chi connectivity index (χ0) is 11.0. The van der Waals surface area contributed by atoms with Crippen molar-refractivity contribution in [1.29, 1.82) is 0 Å². The lowest BCUT2D eigenvalue weighted by atomic mass is 10.1. The average molecular weight is 280 g/mol. The maximum absolute atomic E-state index is 4.51. The van der Waals surface area contributed by atoms with Crippen LogP contribution >= 0.6 is 15.9 Å². The average Bonchev–Trinajstić information content (AvgIpc) is 2.74. The van der Waals surface area contributed by atoms with E-state index in [1.807, 2.05) is 6.20 Å². The Kier molecular flexibility index (Phi) is 2.69. The first kappa shape index (κ1) is 10.3. The second-order valence-corrected chi connectivity index (χ2v) is 5.36. The van der Waals surface area contributed by atoms with E-state index in [2.05, 4.69) is 55.3 Å². The van der Waals surface area contributed by atoms with Gasteiger partial charge in [0, 0.05) is 11.9 Å². The standard InChI is InChI=1S/C12H14BrN3/c13-12-6-5-10(8-14-12)16-11-4-2-1-3-9(11)7-15-16/h1-4,7,10,12,14H,5-6,8H2. The maximum Gasteiger partial charge on any atom is 0.0686 e. The van der Waals surface area contributed by atoms with E-state index in [1.165, 1.54) is 17.3 Å². The van der Waals surface area contributed by atoms with Gasteiger partial charge in [0.1, 0.15) is 0 Å². The van der Waals surface area contributed by atoms with Crippen LogP contribution in [0.4, 0.5) is 0 Å². The molecule has 2 aromatic rings. The summed E-state index contributed by atoms with van der Waals surface area (Å²) in [6.07, 6.45) is 4.28. The highest BCUT2D eigenvalue weighted by Crippen LogP contribution is 2.25. The highest BCUT2D eigenvalue weighted by molar-refractivity contribution is 9.09. The molecule has 0 aliphatic carbocycles. The number of fused-ring (bicyclic) bond motifs is 1. The molecule has 0 radical (unpaired) electrons. The number of alkyl halides is 1. The lowest BCUT2D eigenvalue weighted by molar-refractivity contribution is 0.344. The Labute approximate surface area is 103 Å². The SMILES string of the molecule is BrC1CCC(n2ncc3ccccc32)CN1. The first-order chi connectivity index (χ1) is 7.84. The molecule has 2 atom stereocenters. The van der Waals surface area contributed by atoms with E-state index in [0.717, 1.165) is 13.0 Å². The number of halogens is 1. The summed E-state index contributed by atoms with van der Waals surface area (Å²) >= 11 is 3.59. The van der Waals surface area contributed by atoms with Crippen LogP contribution in [0.2, 0.25) is 0 Å². The molecule has 4 heteroatoms. The Morgan fingerprint density at radius 3 is 3.00 bits per heavy atom. The summed E-state index contributed by atoms with van der Waals surface area (Å²) in [6, 6.07) is 8.87. The number of benzene rings is 1. The Morgan fingerprint density at radius 1 is 1.31 bits per heavy atom. The van der Waals surface area contributed by atoms with Crippen molar-refractivity contribution in [1.82, 2.24) is 15.1 Å². The molecule has 0 bridgehead atoms. The van der Waals surface area contributed by atoms with Gasteiger partial charge in [0.25, 0.3) is 0 Å². The molecule has 1 aliphatic heterocycles. The van der Waals surface area contributed by atoms with Gasteiger partial charge in [-0.2, -0.15) is 5.10 Å². The van der Waals surface area contributed by atoms with Crippen molar-refractivity contribution in [2.24, 2.45) is 0 Å². The van der Waals surface area contributed by atoms with Crippen LogP contribution in [0.25, 0.3) is 10.9 Å². The smallest absolute Gasteiger partial charge is 0.0686 e. The normalized spacial score (nSPS) is 26.1. The van der Waals surface area contributed by atoms with Crippen LogP contribution in [-0.4, -0.2) is 21.3 Å². The second-order valence-electron chi connectivity index (χ2n) is 4.25. The third-order valence-corrected chi connectivity index (χ3v) is 3.96. The van der Waals surface area contributed by atoms with Crippen LogP contribution in [0.15, 0.2) is 30.5 Å².